The lowest BCUT2D eigenvalue weighted by Gasteiger charge is -2.37. The van der Waals surface area contributed by atoms with Gasteiger partial charge >= 0.3 is 0 Å². The summed E-state index contributed by atoms with van der Waals surface area (Å²) in [5.74, 6) is 2.42. The Labute approximate surface area is 205 Å². The van der Waals surface area contributed by atoms with Crippen molar-refractivity contribution >= 4 is 11.3 Å². The predicted molar refractivity (Wildman–Crippen MR) is 133 cm³/mol. The zero-order valence-electron chi connectivity index (χ0n) is 20.2. The molecule has 9 heteroatoms. The first-order valence-electron chi connectivity index (χ1n) is 12.3. The summed E-state index contributed by atoms with van der Waals surface area (Å²) < 4.78 is 18.1. The van der Waals surface area contributed by atoms with Crippen LogP contribution in [0.4, 0.5) is 5.82 Å². The molecule has 0 atom stereocenters. The second-order valence-corrected chi connectivity index (χ2v) is 9.14. The van der Waals surface area contributed by atoms with Crippen LogP contribution in [0.25, 0.3) is 16.6 Å². The first-order chi connectivity index (χ1) is 17.2. The van der Waals surface area contributed by atoms with Gasteiger partial charge in [-0.15, -0.1) is 0 Å². The number of aromatic nitrogens is 3. The lowest BCUT2D eigenvalue weighted by Crippen LogP contribution is -2.48. The maximum Gasteiger partial charge on any atom is 0.138 e. The maximum absolute atomic E-state index is 9.59. The molecule has 5 heterocycles. The van der Waals surface area contributed by atoms with Crippen molar-refractivity contribution in [2.45, 2.75) is 12.8 Å². The van der Waals surface area contributed by atoms with E-state index in [1.54, 1.807) is 24.0 Å². The molecule has 2 aliphatic heterocycles. The molecule has 0 N–H and O–H groups in total. The van der Waals surface area contributed by atoms with E-state index in [0.29, 0.717) is 24.5 Å². The van der Waals surface area contributed by atoms with Gasteiger partial charge in [0.1, 0.15) is 24.2 Å². The normalized spacial score (nSPS) is 17.5. The smallest absolute Gasteiger partial charge is 0.138 e. The second-order valence-electron chi connectivity index (χ2n) is 9.14. The Balaban J connectivity index is 1.30. The van der Waals surface area contributed by atoms with Crippen LogP contribution in [0, 0.1) is 17.2 Å². The van der Waals surface area contributed by atoms with Gasteiger partial charge in [0.05, 0.1) is 30.1 Å². The van der Waals surface area contributed by atoms with Crippen LogP contribution in [0.2, 0.25) is 0 Å². The van der Waals surface area contributed by atoms with Gasteiger partial charge in [-0.05, 0) is 37.0 Å². The Bertz CT molecular complexity index is 1160. The van der Waals surface area contributed by atoms with Crippen molar-refractivity contribution in [3.05, 3.63) is 42.4 Å². The van der Waals surface area contributed by atoms with Gasteiger partial charge in [0, 0.05) is 70.4 Å². The molecule has 184 valence electrons. The standard InChI is InChI=1S/C26H32N6O3/c1-33-12-13-35-23-14-24(26-22(15-27)17-29-32(26)19-23)21-2-3-25(28-16-21)31-8-6-30(7-9-31)18-20-4-10-34-11-5-20/h2-3,14,16-17,19-20H,4-13,18H2,1H3. The van der Waals surface area contributed by atoms with Crippen LogP contribution in [0.1, 0.15) is 18.4 Å². The number of ether oxygens (including phenoxy) is 3. The Hall–Kier alpha value is -3.19. The first kappa shape index (κ1) is 23.5. The van der Waals surface area contributed by atoms with E-state index < -0.39 is 0 Å². The fourth-order valence-corrected chi connectivity index (χ4v) is 4.91. The van der Waals surface area contributed by atoms with E-state index in [1.165, 1.54) is 19.4 Å². The molecule has 0 unspecified atom stereocenters. The van der Waals surface area contributed by atoms with Gasteiger partial charge in [0.15, 0.2) is 0 Å². The van der Waals surface area contributed by atoms with E-state index in [9.17, 15) is 5.26 Å². The number of pyridine rings is 2. The highest BCUT2D eigenvalue weighted by molar-refractivity contribution is 5.85. The van der Waals surface area contributed by atoms with Crippen LogP contribution in [-0.4, -0.2) is 85.8 Å². The van der Waals surface area contributed by atoms with E-state index in [-0.39, 0.29) is 0 Å². The van der Waals surface area contributed by atoms with E-state index in [0.717, 1.165) is 67.8 Å². The second kappa shape index (κ2) is 11.0. The Morgan fingerprint density at radius 3 is 2.66 bits per heavy atom. The quantitative estimate of drug-likeness (QED) is 0.459. The van der Waals surface area contributed by atoms with Crippen molar-refractivity contribution < 1.29 is 14.2 Å². The lowest BCUT2D eigenvalue weighted by molar-refractivity contribution is 0.0517. The molecule has 0 amide bonds. The van der Waals surface area contributed by atoms with Crippen LogP contribution < -0.4 is 9.64 Å². The highest BCUT2D eigenvalue weighted by Crippen LogP contribution is 2.31. The molecule has 2 aliphatic rings. The van der Waals surface area contributed by atoms with Crippen LogP contribution in [-0.2, 0) is 9.47 Å². The third-order valence-corrected chi connectivity index (χ3v) is 6.88. The molecule has 35 heavy (non-hydrogen) atoms. The molecule has 2 fully saturated rings. The van der Waals surface area contributed by atoms with Gasteiger partial charge in [0.25, 0.3) is 0 Å². The molecule has 5 rings (SSSR count). The van der Waals surface area contributed by atoms with Gasteiger partial charge < -0.3 is 19.1 Å². The van der Waals surface area contributed by atoms with Gasteiger partial charge in [-0.1, -0.05) is 0 Å². The third-order valence-electron chi connectivity index (χ3n) is 6.88. The fraction of sp³-hybridized carbons (Fsp3) is 0.500. The monoisotopic (exact) mass is 476 g/mol. The molecule has 2 saturated heterocycles. The molecule has 3 aromatic rings. The fourth-order valence-electron chi connectivity index (χ4n) is 4.91. The minimum absolute atomic E-state index is 0.436. The van der Waals surface area contributed by atoms with Crippen LogP contribution in [0.3, 0.4) is 0 Å². The molecule has 0 saturated carbocycles. The summed E-state index contributed by atoms with van der Waals surface area (Å²) in [5.41, 5.74) is 3.07. The number of nitrogens with zero attached hydrogens (tertiary/aromatic N) is 6. The summed E-state index contributed by atoms with van der Waals surface area (Å²) in [5, 5.41) is 13.9. The van der Waals surface area contributed by atoms with Crippen molar-refractivity contribution in [3.8, 4) is 22.9 Å². The van der Waals surface area contributed by atoms with Crippen molar-refractivity contribution in [1.82, 2.24) is 19.5 Å². The number of hydrogen-bond donors (Lipinski definition) is 0. The molecule has 0 aromatic carbocycles. The zero-order valence-corrected chi connectivity index (χ0v) is 20.2. The first-order valence-corrected chi connectivity index (χ1v) is 12.3. The number of piperazine rings is 1. The molecule has 0 bridgehead atoms. The minimum Gasteiger partial charge on any atom is -0.490 e. The molecular formula is C26H32N6O3. The summed E-state index contributed by atoms with van der Waals surface area (Å²) in [7, 11) is 1.64. The average Bonchev–Trinajstić information content (AvgIpc) is 3.33. The molecule has 0 radical (unpaired) electrons. The van der Waals surface area contributed by atoms with E-state index >= 15 is 0 Å². The largest absolute Gasteiger partial charge is 0.490 e. The van der Waals surface area contributed by atoms with E-state index in [4.69, 9.17) is 19.2 Å². The predicted octanol–water partition coefficient (Wildman–Crippen LogP) is 2.84. The summed E-state index contributed by atoms with van der Waals surface area (Å²) in [6.45, 7) is 7.99. The topological polar surface area (TPSA) is 88.1 Å². The molecule has 0 aliphatic carbocycles. The Morgan fingerprint density at radius 1 is 1.11 bits per heavy atom. The van der Waals surface area contributed by atoms with Crippen LogP contribution in [0.5, 0.6) is 5.75 Å². The van der Waals surface area contributed by atoms with Crippen molar-refractivity contribution in [1.29, 1.82) is 5.26 Å². The SMILES string of the molecule is COCCOc1cc(-c2ccc(N3CCN(CC4CCOCC4)CC3)nc2)c2c(C#N)cnn2c1. The summed E-state index contributed by atoms with van der Waals surface area (Å²) in [6, 6.07) is 8.33. The zero-order chi connectivity index (χ0) is 24.0. The number of rotatable bonds is 8. The molecular weight excluding hydrogens is 444 g/mol. The number of methoxy groups -OCH3 is 1. The highest BCUT2D eigenvalue weighted by Gasteiger charge is 2.22. The maximum atomic E-state index is 9.59. The van der Waals surface area contributed by atoms with Crippen LogP contribution >= 0.6 is 0 Å². The van der Waals surface area contributed by atoms with Crippen molar-refractivity contribution in [2.24, 2.45) is 5.92 Å². The highest BCUT2D eigenvalue weighted by atomic mass is 16.5. The van der Waals surface area contributed by atoms with Gasteiger partial charge in [-0.3, -0.25) is 4.90 Å². The number of nitriles is 1. The number of hydrogen-bond acceptors (Lipinski definition) is 8. The summed E-state index contributed by atoms with van der Waals surface area (Å²) in [4.78, 5) is 9.72. The number of anilines is 1. The molecule has 9 nitrogen and oxygen atoms in total. The molecule has 0 spiro atoms. The van der Waals surface area contributed by atoms with E-state index in [2.05, 4.69) is 33.1 Å². The van der Waals surface area contributed by atoms with E-state index in [1.807, 2.05) is 12.3 Å². The van der Waals surface area contributed by atoms with Gasteiger partial charge in [-0.25, -0.2) is 9.50 Å². The molecule has 3 aromatic heterocycles. The van der Waals surface area contributed by atoms with Crippen molar-refractivity contribution in [2.75, 3.05) is 71.2 Å². The van der Waals surface area contributed by atoms with Crippen molar-refractivity contribution in [3.63, 3.8) is 0 Å². The van der Waals surface area contributed by atoms with Gasteiger partial charge in [-0.2, -0.15) is 10.4 Å². The Morgan fingerprint density at radius 2 is 1.94 bits per heavy atom. The Kier molecular flexibility index (Phi) is 7.42. The summed E-state index contributed by atoms with van der Waals surface area (Å²) in [6.07, 6.45) is 7.61. The lowest BCUT2D eigenvalue weighted by atomic mass is 9.99. The average molecular weight is 477 g/mol. The number of fused-ring (bicyclic) bond motifs is 1. The minimum atomic E-state index is 0.436. The van der Waals surface area contributed by atoms with Gasteiger partial charge in [0.2, 0.25) is 0 Å². The summed E-state index contributed by atoms with van der Waals surface area (Å²) >= 11 is 0. The third kappa shape index (κ3) is 5.40. The van der Waals surface area contributed by atoms with Crippen LogP contribution in [0.15, 0.2) is 36.8 Å².